The lowest BCUT2D eigenvalue weighted by atomic mass is 10.1. The van der Waals surface area contributed by atoms with Crippen molar-refractivity contribution in [2.24, 2.45) is 0 Å². The average Bonchev–Trinajstić information content (AvgIpc) is 2.24. The molecule has 0 aliphatic carbocycles. The highest BCUT2D eigenvalue weighted by molar-refractivity contribution is 5.75. The van der Waals surface area contributed by atoms with Crippen LogP contribution >= 0.6 is 0 Å². The second-order valence-electron chi connectivity index (χ2n) is 5.47. The first-order valence-electron chi connectivity index (χ1n) is 6.62. The van der Waals surface area contributed by atoms with Gasteiger partial charge in [0, 0.05) is 38.3 Å². The van der Waals surface area contributed by atoms with Crippen LogP contribution in [0.2, 0.25) is 0 Å². The molecule has 0 spiro atoms. The van der Waals surface area contributed by atoms with Crippen LogP contribution in [0.25, 0.3) is 0 Å². The van der Waals surface area contributed by atoms with Crippen LogP contribution in [0, 0.1) is 0 Å². The molecule has 0 bridgehead atoms. The molecule has 1 unspecified atom stereocenters. The quantitative estimate of drug-likeness (QED) is 0.751. The van der Waals surface area contributed by atoms with Crippen LogP contribution in [-0.2, 0) is 0 Å². The van der Waals surface area contributed by atoms with E-state index in [1.807, 2.05) is 25.8 Å². The van der Waals surface area contributed by atoms with Crippen molar-refractivity contribution in [1.82, 2.24) is 14.7 Å². The topological polar surface area (TPSA) is 26.8 Å². The molecule has 1 fully saturated rings. The third kappa shape index (κ3) is 3.12. The van der Waals surface area contributed by atoms with E-state index in [9.17, 15) is 4.79 Å². The maximum absolute atomic E-state index is 12.0. The number of carbonyl (C=O) groups is 1. The Kier molecular flexibility index (Phi) is 4.80. The number of nitrogens with zero attached hydrogens (tertiary/aromatic N) is 3. The zero-order chi connectivity index (χ0) is 13.2. The van der Waals surface area contributed by atoms with Crippen LogP contribution in [0.5, 0.6) is 0 Å². The van der Waals surface area contributed by atoms with Crippen LogP contribution in [0.15, 0.2) is 0 Å². The molecule has 1 atom stereocenters. The summed E-state index contributed by atoms with van der Waals surface area (Å²) in [5.41, 5.74) is 0. The molecule has 4 heteroatoms. The van der Waals surface area contributed by atoms with Gasteiger partial charge in [-0.1, -0.05) is 6.92 Å². The van der Waals surface area contributed by atoms with E-state index in [1.54, 1.807) is 4.90 Å². The number of carbonyl (C=O) groups excluding carboxylic acids is 1. The Morgan fingerprint density at radius 1 is 1.29 bits per heavy atom. The third-order valence-corrected chi connectivity index (χ3v) is 4.07. The molecule has 1 heterocycles. The van der Waals surface area contributed by atoms with Crippen molar-refractivity contribution < 1.29 is 4.79 Å². The Morgan fingerprint density at radius 2 is 1.82 bits per heavy atom. The lowest BCUT2D eigenvalue weighted by Crippen LogP contribution is -2.64. The molecule has 0 saturated carbocycles. The summed E-state index contributed by atoms with van der Waals surface area (Å²) in [7, 11) is 4.03. The second kappa shape index (κ2) is 5.71. The van der Waals surface area contributed by atoms with E-state index in [-0.39, 0.29) is 12.1 Å². The van der Waals surface area contributed by atoms with Crippen molar-refractivity contribution in [3.8, 4) is 0 Å². The zero-order valence-electron chi connectivity index (χ0n) is 12.1. The highest BCUT2D eigenvalue weighted by Crippen LogP contribution is 2.18. The molecule has 0 N–H and O–H groups in total. The number of hydrogen-bond acceptors (Lipinski definition) is 2. The number of amides is 2. The minimum atomic E-state index is 0.161. The van der Waals surface area contributed by atoms with Gasteiger partial charge in [0.25, 0.3) is 0 Å². The SMILES string of the molecule is CCC(C)N(C)C1CN(C(=O)N(C)C(C)C)C1. The maximum atomic E-state index is 12.0. The van der Waals surface area contributed by atoms with E-state index in [4.69, 9.17) is 0 Å². The highest BCUT2D eigenvalue weighted by Gasteiger charge is 2.36. The van der Waals surface area contributed by atoms with E-state index >= 15 is 0 Å². The predicted molar refractivity (Wildman–Crippen MR) is 71.2 cm³/mol. The van der Waals surface area contributed by atoms with Gasteiger partial charge in [0.15, 0.2) is 0 Å². The fourth-order valence-corrected chi connectivity index (χ4v) is 1.96. The van der Waals surface area contributed by atoms with Gasteiger partial charge in [0.1, 0.15) is 0 Å². The van der Waals surface area contributed by atoms with Crippen LogP contribution < -0.4 is 0 Å². The Labute approximate surface area is 106 Å². The molecule has 1 saturated heterocycles. The monoisotopic (exact) mass is 241 g/mol. The Hall–Kier alpha value is -0.770. The van der Waals surface area contributed by atoms with Gasteiger partial charge in [-0.15, -0.1) is 0 Å². The van der Waals surface area contributed by atoms with Crippen molar-refractivity contribution in [3.05, 3.63) is 0 Å². The maximum Gasteiger partial charge on any atom is 0.320 e. The molecule has 0 radical (unpaired) electrons. The fraction of sp³-hybridized carbons (Fsp3) is 0.923. The number of rotatable bonds is 4. The largest absolute Gasteiger partial charge is 0.325 e. The first-order valence-corrected chi connectivity index (χ1v) is 6.62. The van der Waals surface area contributed by atoms with E-state index in [1.165, 1.54) is 0 Å². The molecular weight excluding hydrogens is 214 g/mol. The van der Waals surface area contributed by atoms with Gasteiger partial charge < -0.3 is 9.80 Å². The normalized spacial score (nSPS) is 18.5. The summed E-state index contributed by atoms with van der Waals surface area (Å²) < 4.78 is 0. The van der Waals surface area contributed by atoms with Gasteiger partial charge in [0.05, 0.1) is 0 Å². The number of hydrogen-bond donors (Lipinski definition) is 0. The van der Waals surface area contributed by atoms with Crippen LogP contribution in [0.3, 0.4) is 0 Å². The van der Waals surface area contributed by atoms with Gasteiger partial charge in [-0.2, -0.15) is 0 Å². The molecule has 0 aromatic rings. The van der Waals surface area contributed by atoms with Crippen molar-refractivity contribution in [2.75, 3.05) is 27.2 Å². The van der Waals surface area contributed by atoms with Gasteiger partial charge in [-0.25, -0.2) is 4.79 Å². The summed E-state index contributed by atoms with van der Waals surface area (Å²) in [6.07, 6.45) is 1.16. The highest BCUT2D eigenvalue weighted by atomic mass is 16.2. The lowest BCUT2D eigenvalue weighted by molar-refractivity contribution is 0.0373. The van der Waals surface area contributed by atoms with E-state index in [0.717, 1.165) is 19.5 Å². The van der Waals surface area contributed by atoms with Gasteiger partial charge in [-0.3, -0.25) is 4.90 Å². The molecule has 0 aromatic carbocycles. The van der Waals surface area contributed by atoms with E-state index in [0.29, 0.717) is 12.1 Å². The predicted octanol–water partition coefficient (Wildman–Crippen LogP) is 1.86. The zero-order valence-corrected chi connectivity index (χ0v) is 12.1. The minimum absolute atomic E-state index is 0.161. The summed E-state index contributed by atoms with van der Waals surface area (Å²) in [6.45, 7) is 10.3. The van der Waals surface area contributed by atoms with E-state index in [2.05, 4.69) is 25.8 Å². The first-order chi connectivity index (χ1) is 7.88. The molecule has 1 aliphatic rings. The molecule has 100 valence electrons. The van der Waals surface area contributed by atoms with Crippen LogP contribution in [0.4, 0.5) is 4.79 Å². The number of likely N-dealkylation sites (N-methyl/N-ethyl adjacent to an activating group) is 1. The van der Waals surface area contributed by atoms with Crippen molar-refractivity contribution >= 4 is 6.03 Å². The minimum Gasteiger partial charge on any atom is -0.325 e. The third-order valence-electron chi connectivity index (χ3n) is 4.07. The fourth-order valence-electron chi connectivity index (χ4n) is 1.96. The van der Waals surface area contributed by atoms with Gasteiger partial charge in [0.2, 0.25) is 0 Å². The Morgan fingerprint density at radius 3 is 2.24 bits per heavy atom. The summed E-state index contributed by atoms with van der Waals surface area (Å²) in [5.74, 6) is 0. The molecule has 17 heavy (non-hydrogen) atoms. The second-order valence-corrected chi connectivity index (χ2v) is 5.47. The van der Waals surface area contributed by atoms with Crippen LogP contribution in [0.1, 0.15) is 34.1 Å². The smallest absolute Gasteiger partial charge is 0.320 e. The van der Waals surface area contributed by atoms with Crippen molar-refractivity contribution in [3.63, 3.8) is 0 Å². The van der Waals surface area contributed by atoms with Gasteiger partial charge in [-0.05, 0) is 34.2 Å². The molecule has 0 aromatic heterocycles. The molecule has 1 rings (SSSR count). The van der Waals surface area contributed by atoms with Crippen LogP contribution in [-0.4, -0.2) is 66.0 Å². The summed E-state index contributed by atoms with van der Waals surface area (Å²) in [5, 5.41) is 0. The first kappa shape index (κ1) is 14.3. The van der Waals surface area contributed by atoms with E-state index < -0.39 is 0 Å². The molecular formula is C13H27N3O. The Balaban J connectivity index is 2.39. The number of likely N-dealkylation sites (tertiary alicyclic amines) is 1. The van der Waals surface area contributed by atoms with Gasteiger partial charge >= 0.3 is 6.03 Å². The van der Waals surface area contributed by atoms with Crippen molar-refractivity contribution in [2.45, 2.75) is 52.2 Å². The molecule has 2 amide bonds. The Bertz CT molecular complexity index is 261. The number of urea groups is 1. The van der Waals surface area contributed by atoms with Crippen molar-refractivity contribution in [1.29, 1.82) is 0 Å². The average molecular weight is 241 g/mol. The lowest BCUT2D eigenvalue weighted by Gasteiger charge is -2.47. The molecule has 4 nitrogen and oxygen atoms in total. The summed E-state index contributed by atoms with van der Waals surface area (Å²) in [6, 6.07) is 1.57. The standard InChI is InChI=1S/C13H27N3O/c1-7-11(4)15(6)12-8-16(9-12)13(17)14(5)10(2)3/h10-12H,7-9H2,1-6H3. The summed E-state index contributed by atoms with van der Waals surface area (Å²) >= 11 is 0. The summed E-state index contributed by atoms with van der Waals surface area (Å²) in [4.78, 5) is 18.1. The molecule has 1 aliphatic heterocycles.